The summed E-state index contributed by atoms with van der Waals surface area (Å²) in [7, 11) is -3.13. The molecule has 0 amide bonds. The molecule has 1 aromatic carbocycles. The zero-order chi connectivity index (χ0) is 15.7. The van der Waals surface area contributed by atoms with E-state index in [2.05, 4.69) is 20.0 Å². The lowest BCUT2D eigenvalue weighted by Crippen LogP contribution is -2.39. The number of imidazole rings is 1. The van der Waals surface area contributed by atoms with Crippen LogP contribution in [0.5, 0.6) is 0 Å². The number of fused-ring (bicyclic) bond motifs is 1. The van der Waals surface area contributed by atoms with Gasteiger partial charge in [-0.05, 0) is 37.5 Å². The van der Waals surface area contributed by atoms with Gasteiger partial charge in [0.05, 0.1) is 16.3 Å². The van der Waals surface area contributed by atoms with Crippen molar-refractivity contribution in [3.8, 4) is 0 Å². The zero-order valence-corrected chi connectivity index (χ0v) is 13.2. The Morgan fingerprint density at radius 3 is 2.73 bits per heavy atom. The Morgan fingerprint density at radius 2 is 2.00 bits per heavy atom. The van der Waals surface area contributed by atoms with E-state index in [1.165, 1.54) is 0 Å². The van der Waals surface area contributed by atoms with E-state index in [0.29, 0.717) is 13.1 Å². The number of aromatic amines is 2. The van der Waals surface area contributed by atoms with Crippen LogP contribution < -0.4 is 15.7 Å². The molecule has 7 nitrogen and oxygen atoms in total. The fourth-order valence-corrected chi connectivity index (χ4v) is 3.77. The van der Waals surface area contributed by atoms with E-state index < -0.39 is 10.0 Å². The van der Waals surface area contributed by atoms with Gasteiger partial charge in [-0.2, -0.15) is 0 Å². The van der Waals surface area contributed by atoms with Crippen LogP contribution in [0.1, 0.15) is 25.3 Å². The molecule has 120 valence electrons. The van der Waals surface area contributed by atoms with E-state index >= 15 is 0 Å². The maximum Gasteiger partial charge on any atom is 0.323 e. The maximum atomic E-state index is 11.7. The summed E-state index contributed by atoms with van der Waals surface area (Å²) in [5, 5.41) is 3.09. The summed E-state index contributed by atoms with van der Waals surface area (Å²) >= 11 is 0. The van der Waals surface area contributed by atoms with Gasteiger partial charge in [0.25, 0.3) is 0 Å². The molecule has 1 aliphatic carbocycles. The van der Waals surface area contributed by atoms with Crippen molar-refractivity contribution < 1.29 is 8.42 Å². The molecule has 3 rings (SSSR count). The molecule has 2 aromatic rings. The first kappa shape index (κ1) is 15.3. The molecular formula is C14H20N4O3S. The van der Waals surface area contributed by atoms with Crippen molar-refractivity contribution in [2.24, 2.45) is 0 Å². The standard InChI is InChI=1S/C14H20N4O3S/c1-9(7-16-22(20,21)11-3-4-11)15-8-10-2-5-12-13(6-10)18-14(19)17-12/h2,5-6,9,11,15-16H,3-4,7-8H2,1H3,(H2,17,18,19)/t9-/m1/s1. The Balaban J connectivity index is 1.53. The average Bonchev–Trinajstić information content (AvgIpc) is 3.25. The van der Waals surface area contributed by atoms with Crippen molar-refractivity contribution in [3.05, 3.63) is 34.2 Å². The quantitative estimate of drug-likeness (QED) is 0.592. The predicted octanol–water partition coefficient (Wildman–Crippen LogP) is 0.416. The monoisotopic (exact) mass is 324 g/mol. The van der Waals surface area contributed by atoms with Gasteiger partial charge in [-0.25, -0.2) is 17.9 Å². The molecule has 0 bridgehead atoms. The summed E-state index contributed by atoms with van der Waals surface area (Å²) < 4.78 is 26.1. The third-order valence-corrected chi connectivity index (χ3v) is 5.71. The topological polar surface area (TPSA) is 107 Å². The first-order valence-corrected chi connectivity index (χ1v) is 8.91. The summed E-state index contributed by atoms with van der Waals surface area (Å²) in [6.07, 6.45) is 1.54. The molecule has 4 N–H and O–H groups in total. The third kappa shape index (κ3) is 3.57. The maximum absolute atomic E-state index is 11.7. The highest BCUT2D eigenvalue weighted by atomic mass is 32.2. The van der Waals surface area contributed by atoms with Gasteiger partial charge in [0.2, 0.25) is 10.0 Å². The van der Waals surface area contributed by atoms with E-state index in [9.17, 15) is 13.2 Å². The highest BCUT2D eigenvalue weighted by molar-refractivity contribution is 7.90. The summed E-state index contributed by atoms with van der Waals surface area (Å²) in [5.74, 6) is 0. The molecule has 1 heterocycles. The lowest BCUT2D eigenvalue weighted by atomic mass is 10.2. The van der Waals surface area contributed by atoms with Crippen LogP contribution in [0.2, 0.25) is 0 Å². The van der Waals surface area contributed by atoms with Crippen molar-refractivity contribution in [2.45, 2.75) is 37.6 Å². The largest absolute Gasteiger partial charge is 0.323 e. The minimum absolute atomic E-state index is 0.0227. The summed E-state index contributed by atoms with van der Waals surface area (Å²) in [6, 6.07) is 5.71. The molecule has 22 heavy (non-hydrogen) atoms. The number of aromatic nitrogens is 2. The fourth-order valence-electron chi connectivity index (χ4n) is 2.29. The van der Waals surface area contributed by atoms with E-state index in [1.807, 2.05) is 25.1 Å². The minimum Gasteiger partial charge on any atom is -0.309 e. The number of sulfonamides is 1. The van der Waals surface area contributed by atoms with Gasteiger partial charge < -0.3 is 15.3 Å². The number of rotatable bonds is 7. The van der Waals surface area contributed by atoms with Crippen LogP contribution in [0.25, 0.3) is 11.0 Å². The molecule has 1 saturated carbocycles. The van der Waals surface area contributed by atoms with Crippen molar-refractivity contribution in [3.63, 3.8) is 0 Å². The molecule has 1 aliphatic rings. The van der Waals surface area contributed by atoms with Crippen molar-refractivity contribution in [1.29, 1.82) is 0 Å². The minimum atomic E-state index is -3.13. The zero-order valence-electron chi connectivity index (χ0n) is 12.3. The van der Waals surface area contributed by atoms with Crippen LogP contribution in [0.15, 0.2) is 23.0 Å². The second-order valence-electron chi connectivity index (χ2n) is 5.83. The van der Waals surface area contributed by atoms with Gasteiger partial charge in [0, 0.05) is 19.1 Å². The van der Waals surface area contributed by atoms with Gasteiger partial charge in [-0.15, -0.1) is 0 Å². The van der Waals surface area contributed by atoms with E-state index in [4.69, 9.17) is 0 Å². The molecule has 1 atom stereocenters. The van der Waals surface area contributed by atoms with Crippen molar-refractivity contribution in [1.82, 2.24) is 20.0 Å². The Kier molecular flexibility index (Phi) is 4.07. The molecule has 8 heteroatoms. The smallest absolute Gasteiger partial charge is 0.309 e. The van der Waals surface area contributed by atoms with Crippen LogP contribution in [0.3, 0.4) is 0 Å². The highest BCUT2D eigenvalue weighted by Crippen LogP contribution is 2.27. The molecule has 1 fully saturated rings. The van der Waals surface area contributed by atoms with Crippen LogP contribution in [0, 0.1) is 0 Å². The summed E-state index contributed by atoms with van der Waals surface area (Å²) in [6.45, 7) is 2.92. The Hall–Kier alpha value is -1.64. The molecule has 1 aromatic heterocycles. The Morgan fingerprint density at radius 1 is 1.27 bits per heavy atom. The Labute approximate surface area is 128 Å². The predicted molar refractivity (Wildman–Crippen MR) is 85.2 cm³/mol. The molecule has 0 saturated heterocycles. The number of benzene rings is 1. The molecule has 0 unspecified atom stereocenters. The van der Waals surface area contributed by atoms with Gasteiger partial charge in [0.1, 0.15) is 0 Å². The average molecular weight is 324 g/mol. The molecule has 0 spiro atoms. The molecule has 0 aliphatic heterocycles. The van der Waals surface area contributed by atoms with E-state index in [-0.39, 0.29) is 17.0 Å². The van der Waals surface area contributed by atoms with Crippen molar-refractivity contribution in [2.75, 3.05) is 6.54 Å². The SMILES string of the molecule is C[C@H](CNS(=O)(=O)C1CC1)NCc1ccc2[nH]c(=O)[nH]c2c1. The van der Waals surface area contributed by atoms with Gasteiger partial charge in [-0.3, -0.25) is 0 Å². The van der Waals surface area contributed by atoms with Crippen LogP contribution >= 0.6 is 0 Å². The lowest BCUT2D eigenvalue weighted by Gasteiger charge is -2.15. The normalized spacial score (nSPS) is 17.0. The van der Waals surface area contributed by atoms with Gasteiger partial charge in [-0.1, -0.05) is 6.07 Å². The van der Waals surface area contributed by atoms with Crippen LogP contribution in [0.4, 0.5) is 0 Å². The third-order valence-electron chi connectivity index (χ3n) is 3.79. The Bertz CT molecular complexity index is 820. The first-order chi connectivity index (χ1) is 10.4. The lowest BCUT2D eigenvalue weighted by molar-refractivity contribution is 0.524. The highest BCUT2D eigenvalue weighted by Gasteiger charge is 2.35. The fraction of sp³-hybridized carbons (Fsp3) is 0.500. The molecular weight excluding hydrogens is 304 g/mol. The second kappa shape index (κ2) is 5.86. The summed E-state index contributed by atoms with van der Waals surface area (Å²) in [5.41, 5.74) is 2.35. The first-order valence-electron chi connectivity index (χ1n) is 7.37. The number of nitrogens with one attached hydrogen (secondary N) is 4. The number of H-pyrrole nitrogens is 2. The van der Waals surface area contributed by atoms with Crippen LogP contribution in [-0.4, -0.2) is 36.2 Å². The van der Waals surface area contributed by atoms with Gasteiger partial charge >= 0.3 is 5.69 Å². The van der Waals surface area contributed by atoms with E-state index in [0.717, 1.165) is 29.4 Å². The van der Waals surface area contributed by atoms with Gasteiger partial charge in [0.15, 0.2) is 0 Å². The van der Waals surface area contributed by atoms with Crippen LogP contribution in [-0.2, 0) is 16.6 Å². The van der Waals surface area contributed by atoms with Crippen molar-refractivity contribution >= 4 is 21.1 Å². The van der Waals surface area contributed by atoms with E-state index in [1.54, 1.807) is 0 Å². The summed E-state index contributed by atoms with van der Waals surface area (Å²) in [4.78, 5) is 16.6. The number of hydrogen-bond acceptors (Lipinski definition) is 4. The molecule has 0 radical (unpaired) electrons. The number of hydrogen-bond donors (Lipinski definition) is 4. The second-order valence-corrected chi connectivity index (χ2v) is 7.88.